The normalized spacial score (nSPS) is 11.2. The van der Waals surface area contributed by atoms with Crippen molar-refractivity contribution in [2.24, 2.45) is 0 Å². The van der Waals surface area contributed by atoms with Gasteiger partial charge in [-0.15, -0.1) is 0 Å². The number of hydrogen-bond donors (Lipinski definition) is 1. The van der Waals surface area contributed by atoms with Gasteiger partial charge in [-0.2, -0.15) is 0 Å². The minimum Gasteiger partial charge on any atom is -0.352 e. The molecule has 8 heteroatoms. The lowest BCUT2D eigenvalue weighted by atomic mass is 10.1. The number of hydrogen-bond acceptors (Lipinski definition) is 3. The maximum atomic E-state index is 13.3. The summed E-state index contributed by atoms with van der Waals surface area (Å²) in [5, 5.41) is 2.59. The molecule has 0 unspecified atom stereocenters. The van der Waals surface area contributed by atoms with Crippen LogP contribution in [0, 0.1) is 12.7 Å². The van der Waals surface area contributed by atoms with Gasteiger partial charge in [0, 0.05) is 19.5 Å². The fourth-order valence-corrected chi connectivity index (χ4v) is 3.51. The van der Waals surface area contributed by atoms with E-state index in [0.717, 1.165) is 27.8 Å². The van der Waals surface area contributed by atoms with Gasteiger partial charge in [0.25, 0.3) is 0 Å². The maximum Gasteiger partial charge on any atom is 0.232 e. The molecule has 2 aromatic carbocycles. The number of anilines is 1. The molecule has 0 fully saturated rings. The van der Waals surface area contributed by atoms with Gasteiger partial charge in [-0.25, -0.2) is 12.8 Å². The summed E-state index contributed by atoms with van der Waals surface area (Å²) in [6.07, 6.45) is 0.990. The van der Waals surface area contributed by atoms with Crippen LogP contribution in [-0.2, 0) is 21.4 Å². The summed E-state index contributed by atoms with van der Waals surface area (Å²) >= 11 is 5.73. The maximum absolute atomic E-state index is 13.3. The van der Waals surface area contributed by atoms with Gasteiger partial charge in [-0.05, 0) is 36.2 Å². The molecular formula is C18H20ClFN2O3S. The number of carbonyl (C=O) groups excluding carboxylic acids is 1. The first-order valence-electron chi connectivity index (χ1n) is 7.92. The molecule has 2 rings (SSSR count). The number of amides is 1. The Labute approximate surface area is 157 Å². The lowest BCUT2D eigenvalue weighted by Gasteiger charge is -2.22. The molecule has 0 aromatic heterocycles. The number of nitrogens with zero attached hydrogens (tertiary/aromatic N) is 1. The second-order valence-corrected chi connectivity index (χ2v) is 8.20. The summed E-state index contributed by atoms with van der Waals surface area (Å²) in [6.45, 7) is 2.25. The van der Waals surface area contributed by atoms with Crippen LogP contribution in [0.2, 0.25) is 5.02 Å². The fraction of sp³-hybridized carbons (Fsp3) is 0.278. The van der Waals surface area contributed by atoms with Gasteiger partial charge >= 0.3 is 0 Å². The van der Waals surface area contributed by atoms with Crippen molar-refractivity contribution in [3.63, 3.8) is 0 Å². The summed E-state index contributed by atoms with van der Waals surface area (Å²) in [6, 6.07) is 11.3. The molecule has 2 aromatic rings. The van der Waals surface area contributed by atoms with Crippen LogP contribution in [0.1, 0.15) is 17.5 Å². The molecule has 0 heterocycles. The summed E-state index contributed by atoms with van der Waals surface area (Å²) in [5.74, 6) is -0.921. The second-order valence-electron chi connectivity index (χ2n) is 5.89. The zero-order chi connectivity index (χ0) is 19.3. The van der Waals surface area contributed by atoms with E-state index in [1.807, 2.05) is 31.2 Å². The third-order valence-electron chi connectivity index (χ3n) is 3.87. The fourth-order valence-electron chi connectivity index (χ4n) is 2.42. The quantitative estimate of drug-likeness (QED) is 0.778. The van der Waals surface area contributed by atoms with Crippen molar-refractivity contribution in [3.8, 4) is 0 Å². The van der Waals surface area contributed by atoms with Gasteiger partial charge in [-0.1, -0.05) is 35.9 Å². The van der Waals surface area contributed by atoms with E-state index in [-0.39, 0.29) is 29.6 Å². The highest BCUT2D eigenvalue weighted by Crippen LogP contribution is 2.24. The third kappa shape index (κ3) is 5.44. The van der Waals surface area contributed by atoms with Crippen LogP contribution < -0.4 is 9.62 Å². The van der Waals surface area contributed by atoms with Crippen LogP contribution >= 0.6 is 11.6 Å². The molecule has 5 nitrogen and oxygen atoms in total. The first-order chi connectivity index (χ1) is 12.2. The van der Waals surface area contributed by atoms with Crippen LogP contribution in [0.4, 0.5) is 10.1 Å². The minimum absolute atomic E-state index is 0.0338. The van der Waals surface area contributed by atoms with E-state index < -0.39 is 15.8 Å². The highest BCUT2D eigenvalue weighted by molar-refractivity contribution is 7.92. The number of nitrogens with one attached hydrogen (secondary N) is 1. The Morgan fingerprint density at radius 2 is 1.92 bits per heavy atom. The van der Waals surface area contributed by atoms with E-state index in [4.69, 9.17) is 11.6 Å². The zero-order valence-corrected chi connectivity index (χ0v) is 16.1. The third-order valence-corrected chi connectivity index (χ3v) is 5.35. The SMILES string of the molecule is Cc1ccccc1CNC(=O)CCN(c1ccc(F)c(Cl)c1)S(C)(=O)=O. The van der Waals surface area contributed by atoms with Gasteiger partial charge < -0.3 is 5.32 Å². The standard InChI is InChI=1S/C18H20ClFN2O3S/c1-13-5-3-4-6-14(13)12-21-18(23)9-10-22(26(2,24)25)15-7-8-17(20)16(19)11-15/h3-8,11H,9-10,12H2,1-2H3,(H,21,23). The number of sulfonamides is 1. The average molecular weight is 399 g/mol. The Morgan fingerprint density at radius 1 is 1.23 bits per heavy atom. The zero-order valence-electron chi connectivity index (χ0n) is 14.5. The Morgan fingerprint density at radius 3 is 2.54 bits per heavy atom. The highest BCUT2D eigenvalue weighted by Gasteiger charge is 2.19. The Kier molecular flexibility index (Phi) is 6.61. The molecule has 26 heavy (non-hydrogen) atoms. The van der Waals surface area contributed by atoms with Gasteiger partial charge in [-0.3, -0.25) is 9.10 Å². The van der Waals surface area contributed by atoms with Crippen LogP contribution in [0.5, 0.6) is 0 Å². The van der Waals surface area contributed by atoms with Crippen molar-refractivity contribution in [1.82, 2.24) is 5.32 Å². The monoisotopic (exact) mass is 398 g/mol. The van der Waals surface area contributed by atoms with Crippen LogP contribution in [0.25, 0.3) is 0 Å². The van der Waals surface area contributed by atoms with Crippen molar-refractivity contribution in [2.75, 3.05) is 17.1 Å². The van der Waals surface area contributed by atoms with E-state index in [0.29, 0.717) is 6.54 Å². The van der Waals surface area contributed by atoms with E-state index in [2.05, 4.69) is 5.32 Å². The predicted octanol–water partition coefficient (Wildman–Crippen LogP) is 3.26. The smallest absolute Gasteiger partial charge is 0.232 e. The van der Waals surface area contributed by atoms with Crippen LogP contribution in [-0.4, -0.2) is 27.1 Å². The topological polar surface area (TPSA) is 66.5 Å². The first-order valence-corrected chi connectivity index (χ1v) is 10.1. The molecule has 0 saturated heterocycles. The molecule has 0 bridgehead atoms. The highest BCUT2D eigenvalue weighted by atomic mass is 35.5. The van der Waals surface area contributed by atoms with Gasteiger partial charge in [0.1, 0.15) is 5.82 Å². The van der Waals surface area contributed by atoms with E-state index in [9.17, 15) is 17.6 Å². The van der Waals surface area contributed by atoms with E-state index in [1.165, 1.54) is 12.1 Å². The van der Waals surface area contributed by atoms with E-state index >= 15 is 0 Å². The number of rotatable bonds is 7. The lowest BCUT2D eigenvalue weighted by molar-refractivity contribution is -0.121. The molecular weight excluding hydrogens is 379 g/mol. The van der Waals surface area contributed by atoms with Crippen molar-refractivity contribution in [2.45, 2.75) is 19.9 Å². The Hall–Kier alpha value is -2.12. The van der Waals surface area contributed by atoms with Gasteiger partial charge in [0.05, 0.1) is 17.0 Å². The molecule has 140 valence electrons. The van der Waals surface area contributed by atoms with Crippen molar-refractivity contribution in [3.05, 3.63) is 64.4 Å². The van der Waals surface area contributed by atoms with E-state index in [1.54, 1.807) is 0 Å². The van der Waals surface area contributed by atoms with Crippen molar-refractivity contribution in [1.29, 1.82) is 0 Å². The van der Waals surface area contributed by atoms with Crippen LogP contribution in [0.3, 0.4) is 0 Å². The van der Waals surface area contributed by atoms with Crippen molar-refractivity contribution < 1.29 is 17.6 Å². The molecule has 0 atom stereocenters. The molecule has 1 N–H and O–H groups in total. The molecule has 1 amide bonds. The lowest BCUT2D eigenvalue weighted by Crippen LogP contribution is -2.34. The number of halogens is 2. The van der Waals surface area contributed by atoms with Crippen molar-refractivity contribution >= 4 is 33.2 Å². The minimum atomic E-state index is -3.64. The molecule has 0 aliphatic heterocycles. The number of aryl methyl sites for hydroxylation is 1. The summed E-state index contributed by atoms with van der Waals surface area (Å²) in [4.78, 5) is 12.1. The van der Waals surface area contributed by atoms with Gasteiger partial charge in [0.15, 0.2) is 0 Å². The summed E-state index contributed by atoms with van der Waals surface area (Å²) in [7, 11) is -3.64. The number of benzene rings is 2. The summed E-state index contributed by atoms with van der Waals surface area (Å²) < 4.78 is 38.4. The molecule has 0 radical (unpaired) electrons. The second kappa shape index (κ2) is 8.51. The number of carbonyl (C=O) groups is 1. The largest absolute Gasteiger partial charge is 0.352 e. The first kappa shape index (κ1) is 20.2. The average Bonchev–Trinajstić information content (AvgIpc) is 2.56. The molecule has 0 spiro atoms. The predicted molar refractivity (Wildman–Crippen MR) is 101 cm³/mol. The summed E-state index contributed by atoms with van der Waals surface area (Å²) in [5.41, 5.74) is 2.27. The molecule has 0 aliphatic carbocycles. The Balaban J connectivity index is 2.02. The molecule has 0 saturated carbocycles. The van der Waals surface area contributed by atoms with Crippen LogP contribution in [0.15, 0.2) is 42.5 Å². The van der Waals surface area contributed by atoms with Gasteiger partial charge in [0.2, 0.25) is 15.9 Å². The Bertz CT molecular complexity index is 903. The molecule has 0 aliphatic rings.